The smallest absolute Gasteiger partial charge is 0.256 e. The first-order chi connectivity index (χ1) is 8.66. The fourth-order valence-corrected chi connectivity index (χ4v) is 2.23. The van der Waals surface area contributed by atoms with E-state index in [-0.39, 0.29) is 0 Å². The molecule has 0 spiro atoms. The van der Waals surface area contributed by atoms with Gasteiger partial charge in [0.05, 0.1) is 12.3 Å². The van der Waals surface area contributed by atoms with E-state index in [0.29, 0.717) is 6.61 Å². The molecule has 0 saturated carbocycles. The van der Waals surface area contributed by atoms with Crippen LogP contribution in [0, 0.1) is 20.8 Å². The van der Waals surface area contributed by atoms with Crippen molar-refractivity contribution in [3.05, 3.63) is 41.3 Å². The molecule has 18 heavy (non-hydrogen) atoms. The van der Waals surface area contributed by atoms with Gasteiger partial charge >= 0.3 is 0 Å². The number of hydrogen-bond donors (Lipinski definition) is 0. The molecule has 4 heteroatoms. The fourth-order valence-electron chi connectivity index (χ4n) is 1.50. The average Bonchev–Trinajstić information content (AvgIpc) is 2.66. The van der Waals surface area contributed by atoms with Crippen LogP contribution in [0.5, 0.6) is 5.75 Å². The highest BCUT2D eigenvalue weighted by atomic mass is 32.2. The van der Waals surface area contributed by atoms with Crippen molar-refractivity contribution in [2.24, 2.45) is 0 Å². The van der Waals surface area contributed by atoms with Gasteiger partial charge in [-0.25, -0.2) is 4.98 Å². The molecule has 0 aliphatic heterocycles. The molecule has 0 fully saturated rings. The van der Waals surface area contributed by atoms with Gasteiger partial charge in [0.25, 0.3) is 5.22 Å². The highest BCUT2D eigenvalue weighted by molar-refractivity contribution is 7.99. The zero-order valence-electron chi connectivity index (χ0n) is 10.9. The summed E-state index contributed by atoms with van der Waals surface area (Å²) in [6.45, 7) is 6.57. The van der Waals surface area contributed by atoms with Crippen LogP contribution in [0.25, 0.3) is 0 Å². The molecule has 0 N–H and O–H groups in total. The number of aryl methyl sites for hydroxylation is 3. The molecule has 0 aliphatic rings. The van der Waals surface area contributed by atoms with Gasteiger partial charge in [-0.2, -0.15) is 0 Å². The van der Waals surface area contributed by atoms with E-state index >= 15 is 0 Å². The SMILES string of the molecule is Cc1ccccc1OCCSc1nc(C)c(C)o1. The molecule has 0 unspecified atom stereocenters. The number of benzene rings is 1. The maximum atomic E-state index is 5.71. The molecule has 0 bridgehead atoms. The Balaban J connectivity index is 1.78. The molecule has 0 aliphatic carbocycles. The van der Waals surface area contributed by atoms with Crippen molar-refractivity contribution in [1.82, 2.24) is 4.98 Å². The van der Waals surface area contributed by atoms with E-state index in [2.05, 4.69) is 4.98 Å². The molecule has 2 aromatic rings. The van der Waals surface area contributed by atoms with Crippen LogP contribution < -0.4 is 4.74 Å². The van der Waals surface area contributed by atoms with Crippen LogP contribution in [-0.2, 0) is 0 Å². The normalized spacial score (nSPS) is 10.6. The number of ether oxygens (including phenoxy) is 1. The first-order valence-corrected chi connectivity index (χ1v) is 6.90. The summed E-state index contributed by atoms with van der Waals surface area (Å²) < 4.78 is 11.2. The Bertz CT molecular complexity index is 503. The largest absolute Gasteiger partial charge is 0.492 e. The minimum absolute atomic E-state index is 0.649. The molecule has 0 saturated heterocycles. The van der Waals surface area contributed by atoms with Crippen molar-refractivity contribution in [2.45, 2.75) is 26.0 Å². The van der Waals surface area contributed by atoms with Gasteiger partial charge in [-0.1, -0.05) is 30.0 Å². The van der Waals surface area contributed by atoms with Crippen LogP contribution in [0.2, 0.25) is 0 Å². The van der Waals surface area contributed by atoms with Crippen LogP contribution in [0.15, 0.2) is 33.9 Å². The van der Waals surface area contributed by atoms with Crippen molar-refractivity contribution in [3.63, 3.8) is 0 Å². The molecule has 1 heterocycles. The minimum Gasteiger partial charge on any atom is -0.492 e. The third-order valence-electron chi connectivity index (χ3n) is 2.67. The molecular weight excluding hydrogens is 246 g/mol. The predicted octanol–water partition coefficient (Wildman–Crippen LogP) is 3.77. The second-order valence-corrected chi connectivity index (χ2v) is 5.13. The summed E-state index contributed by atoms with van der Waals surface area (Å²) >= 11 is 1.58. The van der Waals surface area contributed by atoms with Gasteiger partial charge in [0.15, 0.2) is 0 Å². The molecular formula is C14H17NO2S. The van der Waals surface area contributed by atoms with Gasteiger partial charge in [0, 0.05) is 5.75 Å². The Hall–Kier alpha value is -1.42. The van der Waals surface area contributed by atoms with Crippen molar-refractivity contribution < 1.29 is 9.15 Å². The van der Waals surface area contributed by atoms with E-state index < -0.39 is 0 Å². The maximum absolute atomic E-state index is 5.71. The minimum atomic E-state index is 0.649. The van der Waals surface area contributed by atoms with Gasteiger partial charge in [-0.05, 0) is 32.4 Å². The molecule has 0 radical (unpaired) electrons. The molecule has 2 rings (SSSR count). The lowest BCUT2D eigenvalue weighted by Gasteiger charge is -2.07. The Morgan fingerprint density at radius 2 is 2.00 bits per heavy atom. The second-order valence-electron chi connectivity index (χ2n) is 4.08. The summed E-state index contributed by atoms with van der Waals surface area (Å²) in [5.41, 5.74) is 2.11. The quantitative estimate of drug-likeness (QED) is 0.607. The van der Waals surface area contributed by atoms with Gasteiger partial charge < -0.3 is 9.15 Å². The number of aromatic nitrogens is 1. The molecule has 1 aromatic carbocycles. The average molecular weight is 263 g/mol. The molecule has 3 nitrogen and oxygen atoms in total. The standard InChI is InChI=1S/C14H17NO2S/c1-10-6-4-5-7-13(10)16-8-9-18-14-15-11(2)12(3)17-14/h4-7H,8-9H2,1-3H3. The van der Waals surface area contributed by atoms with Crippen molar-refractivity contribution in [2.75, 3.05) is 12.4 Å². The van der Waals surface area contributed by atoms with Gasteiger partial charge in [-0.3, -0.25) is 0 Å². The van der Waals surface area contributed by atoms with E-state index in [1.807, 2.05) is 45.0 Å². The summed E-state index contributed by atoms with van der Waals surface area (Å²) in [4.78, 5) is 4.31. The maximum Gasteiger partial charge on any atom is 0.256 e. The van der Waals surface area contributed by atoms with Gasteiger partial charge in [0.2, 0.25) is 0 Å². The first kappa shape index (κ1) is 13.0. The van der Waals surface area contributed by atoms with Gasteiger partial charge in [-0.15, -0.1) is 0 Å². The monoisotopic (exact) mass is 263 g/mol. The third kappa shape index (κ3) is 3.29. The van der Waals surface area contributed by atoms with Crippen LogP contribution in [0.3, 0.4) is 0 Å². The van der Waals surface area contributed by atoms with Crippen LogP contribution >= 0.6 is 11.8 Å². The summed E-state index contributed by atoms with van der Waals surface area (Å²) in [5, 5.41) is 0.721. The number of nitrogens with zero attached hydrogens (tertiary/aromatic N) is 1. The molecule has 0 atom stereocenters. The number of oxazole rings is 1. The summed E-state index contributed by atoms with van der Waals surface area (Å²) in [5.74, 6) is 2.66. The molecule has 0 amide bonds. The van der Waals surface area contributed by atoms with Crippen LogP contribution in [-0.4, -0.2) is 17.3 Å². The van der Waals surface area contributed by atoms with E-state index in [9.17, 15) is 0 Å². The van der Waals surface area contributed by atoms with Crippen LogP contribution in [0.1, 0.15) is 17.0 Å². The molecule has 1 aromatic heterocycles. The number of para-hydroxylation sites is 1. The topological polar surface area (TPSA) is 35.3 Å². The van der Waals surface area contributed by atoms with Crippen molar-refractivity contribution in [3.8, 4) is 5.75 Å². The predicted molar refractivity (Wildman–Crippen MR) is 73.4 cm³/mol. The molecule has 96 valence electrons. The fraction of sp³-hybridized carbons (Fsp3) is 0.357. The summed E-state index contributed by atoms with van der Waals surface area (Å²) in [7, 11) is 0. The summed E-state index contributed by atoms with van der Waals surface area (Å²) in [6, 6.07) is 8.02. The highest BCUT2D eigenvalue weighted by Gasteiger charge is 2.06. The number of rotatable bonds is 5. The van der Waals surface area contributed by atoms with E-state index in [1.54, 1.807) is 11.8 Å². The lowest BCUT2D eigenvalue weighted by atomic mass is 10.2. The van der Waals surface area contributed by atoms with Crippen LogP contribution in [0.4, 0.5) is 0 Å². The lowest BCUT2D eigenvalue weighted by molar-refractivity contribution is 0.340. The zero-order valence-corrected chi connectivity index (χ0v) is 11.7. The van der Waals surface area contributed by atoms with Crippen molar-refractivity contribution in [1.29, 1.82) is 0 Å². The number of hydrogen-bond acceptors (Lipinski definition) is 4. The Morgan fingerprint density at radius 3 is 2.67 bits per heavy atom. The summed E-state index contributed by atoms with van der Waals surface area (Å²) in [6.07, 6.45) is 0. The lowest BCUT2D eigenvalue weighted by Crippen LogP contribution is -2.01. The highest BCUT2D eigenvalue weighted by Crippen LogP contribution is 2.21. The zero-order chi connectivity index (χ0) is 13.0. The van der Waals surface area contributed by atoms with Gasteiger partial charge in [0.1, 0.15) is 11.5 Å². The van der Waals surface area contributed by atoms with E-state index in [4.69, 9.17) is 9.15 Å². The number of thioether (sulfide) groups is 1. The van der Waals surface area contributed by atoms with Crippen molar-refractivity contribution >= 4 is 11.8 Å². The second kappa shape index (κ2) is 5.96. The van der Waals surface area contributed by atoms with E-state index in [0.717, 1.165) is 33.7 Å². The first-order valence-electron chi connectivity index (χ1n) is 5.92. The third-order valence-corrected chi connectivity index (χ3v) is 3.46. The Morgan fingerprint density at radius 1 is 1.22 bits per heavy atom. The van der Waals surface area contributed by atoms with E-state index in [1.165, 1.54) is 0 Å². The Kier molecular flexibility index (Phi) is 4.31. The Labute approximate surface area is 112 Å².